The number of nitrogens with zero attached hydrogens (tertiary/aromatic N) is 2. The maximum Gasteiger partial charge on any atom is 0.213 e. The van der Waals surface area contributed by atoms with E-state index in [1.54, 1.807) is 13.3 Å². The molecule has 2 heterocycles. The summed E-state index contributed by atoms with van der Waals surface area (Å²) in [5.41, 5.74) is 10.7. The Balaban J connectivity index is 2.11. The summed E-state index contributed by atoms with van der Waals surface area (Å²) in [5.74, 6) is 1.23. The first-order chi connectivity index (χ1) is 11.6. The summed E-state index contributed by atoms with van der Waals surface area (Å²) in [7, 11) is 1.64. The summed E-state index contributed by atoms with van der Waals surface area (Å²) < 4.78 is 7.60. The normalized spacial score (nSPS) is 11.4. The Morgan fingerprint density at radius 1 is 1.17 bits per heavy atom. The SMILES string of the molecule is COc1cc(-c2ccc3c(CCN)cn(CC(C)C)c3c2)ccn1. The topological polar surface area (TPSA) is 53.1 Å². The van der Waals surface area contributed by atoms with Crippen LogP contribution < -0.4 is 10.5 Å². The standard InChI is InChI=1S/C20H25N3O/c1-14(2)12-23-13-17(6-8-21)18-5-4-15(10-19(18)23)16-7-9-22-20(11-16)24-3/h4-5,7,9-11,13-14H,6,8,12,21H2,1-3H3. The Morgan fingerprint density at radius 3 is 2.67 bits per heavy atom. The van der Waals surface area contributed by atoms with E-state index < -0.39 is 0 Å². The van der Waals surface area contributed by atoms with Crippen molar-refractivity contribution in [1.82, 2.24) is 9.55 Å². The molecular weight excluding hydrogens is 298 g/mol. The van der Waals surface area contributed by atoms with Gasteiger partial charge in [-0.15, -0.1) is 0 Å². The first-order valence-corrected chi connectivity index (χ1v) is 8.44. The molecular formula is C20H25N3O. The van der Waals surface area contributed by atoms with Crippen molar-refractivity contribution in [1.29, 1.82) is 0 Å². The number of hydrogen-bond acceptors (Lipinski definition) is 3. The highest BCUT2D eigenvalue weighted by atomic mass is 16.5. The van der Waals surface area contributed by atoms with E-state index in [0.717, 1.165) is 18.5 Å². The summed E-state index contributed by atoms with van der Waals surface area (Å²) in [6, 6.07) is 10.6. The lowest BCUT2D eigenvalue weighted by Gasteiger charge is -2.10. The van der Waals surface area contributed by atoms with Crippen LogP contribution in [0.5, 0.6) is 5.88 Å². The third-order valence-electron chi connectivity index (χ3n) is 4.22. The van der Waals surface area contributed by atoms with Crippen molar-refractivity contribution in [3.8, 4) is 17.0 Å². The Kier molecular flexibility index (Phi) is 4.86. The number of pyridine rings is 1. The highest BCUT2D eigenvalue weighted by Crippen LogP contribution is 2.29. The van der Waals surface area contributed by atoms with Crippen molar-refractivity contribution in [2.24, 2.45) is 11.7 Å². The van der Waals surface area contributed by atoms with Gasteiger partial charge < -0.3 is 15.0 Å². The molecule has 0 aliphatic heterocycles. The first kappa shape index (κ1) is 16.5. The van der Waals surface area contributed by atoms with E-state index in [2.05, 4.69) is 47.8 Å². The Morgan fingerprint density at radius 2 is 1.96 bits per heavy atom. The van der Waals surface area contributed by atoms with Gasteiger partial charge in [-0.2, -0.15) is 0 Å². The third-order valence-corrected chi connectivity index (χ3v) is 4.22. The second-order valence-electron chi connectivity index (χ2n) is 6.56. The van der Waals surface area contributed by atoms with Crippen molar-refractivity contribution < 1.29 is 4.74 Å². The Bertz CT molecular complexity index is 836. The van der Waals surface area contributed by atoms with Gasteiger partial charge in [-0.05, 0) is 47.7 Å². The van der Waals surface area contributed by atoms with Gasteiger partial charge in [0.25, 0.3) is 0 Å². The maximum atomic E-state index is 5.78. The van der Waals surface area contributed by atoms with Crippen LogP contribution in [0.15, 0.2) is 42.7 Å². The molecule has 24 heavy (non-hydrogen) atoms. The molecule has 0 saturated carbocycles. The minimum Gasteiger partial charge on any atom is -0.481 e. The molecule has 0 radical (unpaired) electrons. The van der Waals surface area contributed by atoms with Crippen molar-refractivity contribution in [3.63, 3.8) is 0 Å². The summed E-state index contributed by atoms with van der Waals surface area (Å²) in [4.78, 5) is 4.19. The van der Waals surface area contributed by atoms with Gasteiger partial charge in [-0.1, -0.05) is 26.0 Å². The summed E-state index contributed by atoms with van der Waals surface area (Å²) in [6.45, 7) is 6.16. The zero-order valence-corrected chi connectivity index (χ0v) is 14.6. The van der Waals surface area contributed by atoms with E-state index in [1.807, 2.05) is 12.1 Å². The molecule has 0 unspecified atom stereocenters. The fourth-order valence-electron chi connectivity index (χ4n) is 3.15. The number of rotatable bonds is 6. The van der Waals surface area contributed by atoms with Crippen LogP contribution in [0.2, 0.25) is 0 Å². The molecule has 0 amide bonds. The number of ether oxygens (including phenoxy) is 1. The molecule has 0 fully saturated rings. The second-order valence-corrected chi connectivity index (χ2v) is 6.56. The van der Waals surface area contributed by atoms with Crippen LogP contribution in [0, 0.1) is 5.92 Å². The molecule has 0 aliphatic carbocycles. The van der Waals surface area contributed by atoms with Crippen molar-refractivity contribution in [2.75, 3.05) is 13.7 Å². The fraction of sp³-hybridized carbons (Fsp3) is 0.350. The monoisotopic (exact) mass is 323 g/mol. The number of methoxy groups -OCH3 is 1. The Hall–Kier alpha value is -2.33. The first-order valence-electron chi connectivity index (χ1n) is 8.44. The highest BCUT2D eigenvalue weighted by Gasteiger charge is 2.11. The second kappa shape index (κ2) is 7.05. The molecule has 126 valence electrons. The van der Waals surface area contributed by atoms with E-state index in [1.165, 1.54) is 22.0 Å². The molecule has 2 N–H and O–H groups in total. The summed E-state index contributed by atoms with van der Waals surface area (Å²) >= 11 is 0. The average molecular weight is 323 g/mol. The quantitative estimate of drug-likeness (QED) is 0.749. The third kappa shape index (κ3) is 3.29. The van der Waals surface area contributed by atoms with Gasteiger partial charge in [0.2, 0.25) is 5.88 Å². The van der Waals surface area contributed by atoms with Crippen LogP contribution in [0.25, 0.3) is 22.0 Å². The van der Waals surface area contributed by atoms with Gasteiger partial charge in [0.05, 0.1) is 7.11 Å². The van der Waals surface area contributed by atoms with E-state index in [0.29, 0.717) is 18.3 Å². The van der Waals surface area contributed by atoms with Crippen molar-refractivity contribution in [3.05, 3.63) is 48.3 Å². The molecule has 0 atom stereocenters. The van der Waals surface area contributed by atoms with E-state index >= 15 is 0 Å². The lowest BCUT2D eigenvalue weighted by atomic mass is 10.0. The van der Waals surface area contributed by atoms with Crippen LogP contribution in [-0.4, -0.2) is 23.2 Å². The van der Waals surface area contributed by atoms with Gasteiger partial charge in [0.15, 0.2) is 0 Å². The van der Waals surface area contributed by atoms with Gasteiger partial charge >= 0.3 is 0 Å². The summed E-state index contributed by atoms with van der Waals surface area (Å²) in [6.07, 6.45) is 4.95. The largest absolute Gasteiger partial charge is 0.481 e. The molecule has 1 aromatic carbocycles. The molecule has 0 saturated heterocycles. The Labute approximate surface area is 143 Å². The van der Waals surface area contributed by atoms with Gasteiger partial charge in [-0.3, -0.25) is 0 Å². The van der Waals surface area contributed by atoms with Crippen LogP contribution in [-0.2, 0) is 13.0 Å². The number of benzene rings is 1. The van der Waals surface area contributed by atoms with E-state index in [4.69, 9.17) is 10.5 Å². The molecule has 0 spiro atoms. The molecule has 4 heteroatoms. The number of nitrogens with two attached hydrogens (primary N) is 1. The summed E-state index contributed by atoms with van der Waals surface area (Å²) in [5, 5.41) is 1.30. The van der Waals surface area contributed by atoms with Crippen LogP contribution in [0.4, 0.5) is 0 Å². The fourth-order valence-corrected chi connectivity index (χ4v) is 3.15. The lowest BCUT2D eigenvalue weighted by Crippen LogP contribution is -2.04. The van der Waals surface area contributed by atoms with Crippen LogP contribution in [0.3, 0.4) is 0 Å². The van der Waals surface area contributed by atoms with Crippen LogP contribution >= 0.6 is 0 Å². The zero-order chi connectivity index (χ0) is 17.1. The van der Waals surface area contributed by atoms with Gasteiger partial charge in [0.1, 0.15) is 0 Å². The lowest BCUT2D eigenvalue weighted by molar-refractivity contribution is 0.398. The molecule has 0 bridgehead atoms. The maximum absolute atomic E-state index is 5.78. The number of aromatic nitrogens is 2. The molecule has 0 aliphatic rings. The minimum absolute atomic E-state index is 0.594. The predicted octanol–water partition coefficient (Wildman–Crippen LogP) is 3.87. The van der Waals surface area contributed by atoms with Gasteiger partial charge in [0, 0.05) is 35.9 Å². The minimum atomic E-state index is 0.594. The smallest absolute Gasteiger partial charge is 0.213 e. The number of fused-ring (bicyclic) bond motifs is 1. The van der Waals surface area contributed by atoms with E-state index in [9.17, 15) is 0 Å². The van der Waals surface area contributed by atoms with Crippen molar-refractivity contribution >= 4 is 10.9 Å². The van der Waals surface area contributed by atoms with Crippen molar-refractivity contribution in [2.45, 2.75) is 26.8 Å². The highest BCUT2D eigenvalue weighted by molar-refractivity contribution is 5.88. The average Bonchev–Trinajstić information content (AvgIpc) is 2.92. The molecule has 4 nitrogen and oxygen atoms in total. The van der Waals surface area contributed by atoms with E-state index in [-0.39, 0.29) is 0 Å². The number of hydrogen-bond donors (Lipinski definition) is 1. The molecule has 3 aromatic rings. The zero-order valence-electron chi connectivity index (χ0n) is 14.6. The predicted molar refractivity (Wildman–Crippen MR) is 99.3 cm³/mol. The van der Waals surface area contributed by atoms with Crippen LogP contribution in [0.1, 0.15) is 19.4 Å². The van der Waals surface area contributed by atoms with Gasteiger partial charge in [-0.25, -0.2) is 4.98 Å². The molecule has 2 aromatic heterocycles. The molecule has 3 rings (SSSR count).